The predicted molar refractivity (Wildman–Crippen MR) is 156 cm³/mol. The molecule has 3 aliphatic rings. The maximum absolute atomic E-state index is 14.2. The number of allylic oxidation sites excluding steroid dienone is 1. The lowest BCUT2D eigenvalue weighted by molar-refractivity contribution is -0.148. The van der Waals surface area contributed by atoms with Crippen LogP contribution in [0.15, 0.2) is 41.4 Å². The number of ether oxygens (including phenoxy) is 1. The second-order valence-electron chi connectivity index (χ2n) is 11.6. The van der Waals surface area contributed by atoms with Gasteiger partial charge in [-0.15, -0.1) is 6.58 Å². The van der Waals surface area contributed by atoms with Crippen LogP contribution in [0.25, 0.3) is 0 Å². The Morgan fingerprint density at radius 2 is 1.86 bits per heavy atom. The molecule has 44 heavy (non-hydrogen) atoms. The van der Waals surface area contributed by atoms with Gasteiger partial charge in [-0.25, -0.2) is 9.18 Å². The SMILES string of the molecule is C=CCN(Cc1cc(N(C)C)c2c(c1O)C(=O)C1=C(O)[C@]3(O)C(=O)C(C(N)=O)=C(O)[C@@H](N(C)C)[C@@H]3C[C@@H]1C2)C(=O)OCCF. The molecule has 0 spiro atoms. The Morgan fingerprint density at radius 3 is 2.41 bits per heavy atom. The van der Waals surface area contributed by atoms with E-state index in [9.17, 15) is 44.0 Å². The van der Waals surface area contributed by atoms with E-state index in [0.717, 1.165) is 4.90 Å². The lowest BCUT2D eigenvalue weighted by Gasteiger charge is -2.50. The van der Waals surface area contributed by atoms with Gasteiger partial charge in [-0.2, -0.15) is 0 Å². The van der Waals surface area contributed by atoms with Crippen LogP contribution in [0, 0.1) is 11.8 Å². The zero-order chi connectivity index (χ0) is 32.8. The van der Waals surface area contributed by atoms with Gasteiger partial charge in [0.1, 0.15) is 36.1 Å². The van der Waals surface area contributed by atoms with Crippen molar-refractivity contribution < 1.29 is 48.7 Å². The van der Waals surface area contributed by atoms with E-state index in [1.165, 1.54) is 11.0 Å². The van der Waals surface area contributed by atoms with Gasteiger partial charge in [0.25, 0.3) is 5.91 Å². The molecule has 0 aromatic heterocycles. The number of hydrogen-bond acceptors (Lipinski definition) is 11. The summed E-state index contributed by atoms with van der Waals surface area (Å²) in [6.45, 7) is 1.97. The molecule has 14 heteroatoms. The minimum absolute atomic E-state index is 0.0208. The zero-order valence-electron chi connectivity index (χ0n) is 25.0. The minimum Gasteiger partial charge on any atom is -0.510 e. The van der Waals surface area contributed by atoms with Gasteiger partial charge in [-0.3, -0.25) is 19.3 Å². The first-order valence-corrected chi connectivity index (χ1v) is 13.9. The molecular formula is C30H37FN4O9. The van der Waals surface area contributed by atoms with Crippen LogP contribution in [0.5, 0.6) is 5.75 Å². The molecular weight excluding hydrogens is 579 g/mol. The van der Waals surface area contributed by atoms with Crippen molar-refractivity contribution in [2.45, 2.75) is 31.0 Å². The number of primary amides is 1. The molecule has 1 aromatic carbocycles. The molecule has 6 N–H and O–H groups in total. The van der Waals surface area contributed by atoms with E-state index in [4.69, 9.17) is 10.5 Å². The molecule has 4 atom stereocenters. The van der Waals surface area contributed by atoms with E-state index >= 15 is 0 Å². The number of halogens is 1. The summed E-state index contributed by atoms with van der Waals surface area (Å²) in [6.07, 6.45) is 0.594. The quantitative estimate of drug-likeness (QED) is 0.198. The Kier molecular flexibility index (Phi) is 8.80. The van der Waals surface area contributed by atoms with E-state index in [1.807, 2.05) is 0 Å². The number of anilines is 1. The highest BCUT2D eigenvalue weighted by molar-refractivity contribution is 6.25. The van der Waals surface area contributed by atoms with Crippen molar-refractivity contribution >= 4 is 29.3 Å². The minimum atomic E-state index is -2.76. The highest BCUT2D eigenvalue weighted by Crippen LogP contribution is 2.53. The lowest BCUT2D eigenvalue weighted by atomic mass is 9.58. The summed E-state index contributed by atoms with van der Waals surface area (Å²) >= 11 is 0. The number of nitrogens with two attached hydrogens (primary N) is 1. The van der Waals surface area contributed by atoms with Crippen LogP contribution in [-0.2, 0) is 27.3 Å². The second-order valence-corrected chi connectivity index (χ2v) is 11.6. The van der Waals surface area contributed by atoms with E-state index in [2.05, 4.69) is 6.58 Å². The fourth-order valence-corrected chi connectivity index (χ4v) is 6.65. The second kappa shape index (κ2) is 11.9. The Balaban J connectivity index is 1.90. The first-order valence-electron chi connectivity index (χ1n) is 13.9. The number of benzene rings is 1. The van der Waals surface area contributed by atoms with E-state index in [0.29, 0.717) is 11.3 Å². The highest BCUT2D eigenvalue weighted by Gasteiger charge is 2.63. The summed E-state index contributed by atoms with van der Waals surface area (Å²) in [6, 6.07) is 0.506. The number of Topliss-reactive ketones (excluding diaryl/α,β-unsaturated/α-hetero) is 2. The van der Waals surface area contributed by atoms with Crippen molar-refractivity contribution in [3.63, 3.8) is 0 Å². The van der Waals surface area contributed by atoms with Gasteiger partial charge < -0.3 is 40.7 Å². The largest absolute Gasteiger partial charge is 0.510 e. The molecule has 0 saturated carbocycles. The first kappa shape index (κ1) is 32.5. The van der Waals surface area contributed by atoms with Gasteiger partial charge in [-0.1, -0.05) is 6.08 Å². The third kappa shape index (κ3) is 4.97. The summed E-state index contributed by atoms with van der Waals surface area (Å²) in [5.41, 5.74) is 2.34. The van der Waals surface area contributed by atoms with Crippen LogP contribution < -0.4 is 10.6 Å². The number of ketones is 2. The fourth-order valence-electron chi connectivity index (χ4n) is 6.65. The third-order valence-electron chi connectivity index (χ3n) is 8.53. The topological polar surface area (TPSA) is 194 Å². The maximum Gasteiger partial charge on any atom is 0.410 e. The fraction of sp³-hybridized carbons (Fsp3) is 0.467. The van der Waals surface area contributed by atoms with Crippen molar-refractivity contribution in [2.24, 2.45) is 17.6 Å². The Hall–Kier alpha value is -4.43. The summed E-state index contributed by atoms with van der Waals surface area (Å²) in [7, 11) is 6.55. The number of phenols is 1. The van der Waals surface area contributed by atoms with Crippen LogP contribution >= 0.6 is 0 Å². The molecule has 13 nitrogen and oxygen atoms in total. The first-order chi connectivity index (χ1) is 20.6. The van der Waals surface area contributed by atoms with Crippen molar-refractivity contribution in [3.8, 4) is 5.75 Å². The Morgan fingerprint density at radius 1 is 1.20 bits per heavy atom. The number of aliphatic hydroxyl groups is 3. The molecule has 4 rings (SSSR count). The molecule has 238 valence electrons. The summed E-state index contributed by atoms with van der Waals surface area (Å²) in [4.78, 5) is 56.8. The van der Waals surface area contributed by atoms with Crippen LogP contribution in [0.4, 0.5) is 14.9 Å². The van der Waals surface area contributed by atoms with Crippen LogP contribution in [0.1, 0.15) is 27.9 Å². The van der Waals surface area contributed by atoms with E-state index < -0.39 is 83.2 Å². The van der Waals surface area contributed by atoms with Crippen LogP contribution in [0.3, 0.4) is 0 Å². The number of aromatic hydroxyl groups is 1. The van der Waals surface area contributed by atoms with Crippen LogP contribution in [-0.4, -0.2) is 113 Å². The van der Waals surface area contributed by atoms with Gasteiger partial charge in [0.2, 0.25) is 5.78 Å². The number of amides is 2. The van der Waals surface area contributed by atoms with Crippen molar-refractivity contribution in [1.29, 1.82) is 0 Å². The zero-order valence-corrected chi connectivity index (χ0v) is 25.0. The van der Waals surface area contributed by atoms with Gasteiger partial charge in [0.05, 0.1) is 18.2 Å². The van der Waals surface area contributed by atoms with Gasteiger partial charge in [0, 0.05) is 43.4 Å². The molecule has 2 amide bonds. The monoisotopic (exact) mass is 616 g/mol. The number of hydrogen-bond donors (Lipinski definition) is 5. The third-order valence-corrected chi connectivity index (χ3v) is 8.53. The average molecular weight is 617 g/mol. The number of aliphatic hydroxyl groups excluding tert-OH is 2. The summed E-state index contributed by atoms with van der Waals surface area (Å²) in [5, 5.41) is 45.7. The molecule has 0 unspecified atom stereocenters. The summed E-state index contributed by atoms with van der Waals surface area (Å²) in [5.74, 6) is -7.49. The normalized spacial score (nSPS) is 24.5. The van der Waals surface area contributed by atoms with Gasteiger partial charge in [-0.05, 0) is 44.5 Å². The van der Waals surface area contributed by atoms with Crippen LogP contribution in [0.2, 0.25) is 0 Å². The van der Waals surface area contributed by atoms with Crippen molar-refractivity contribution in [3.05, 3.63) is 58.1 Å². The molecule has 0 fully saturated rings. The molecule has 1 aromatic rings. The number of carbonyl (C=O) groups excluding carboxylic acids is 4. The van der Waals surface area contributed by atoms with Crippen molar-refractivity contribution in [2.75, 3.05) is 52.9 Å². The Bertz CT molecular complexity index is 1500. The molecule has 0 bridgehead atoms. The number of fused-ring (bicyclic) bond motifs is 3. The van der Waals surface area contributed by atoms with Gasteiger partial charge >= 0.3 is 6.09 Å². The molecule has 0 aliphatic heterocycles. The number of likely N-dealkylation sites (N-methyl/N-ethyl adjacent to an activating group) is 1. The smallest absolute Gasteiger partial charge is 0.410 e. The highest BCUT2D eigenvalue weighted by atomic mass is 19.1. The molecule has 0 saturated heterocycles. The predicted octanol–water partition coefficient (Wildman–Crippen LogP) is 1.28. The van der Waals surface area contributed by atoms with E-state index in [1.54, 1.807) is 39.2 Å². The van der Waals surface area contributed by atoms with E-state index in [-0.39, 0.29) is 42.6 Å². The molecule has 0 heterocycles. The van der Waals surface area contributed by atoms with Crippen molar-refractivity contribution in [1.82, 2.24) is 9.80 Å². The number of carbonyl (C=O) groups is 4. The average Bonchev–Trinajstić information content (AvgIpc) is 2.94. The number of phenolic OH excluding ortho intramolecular Hbond substituents is 1. The number of alkyl halides is 1. The number of rotatable bonds is 9. The maximum atomic E-state index is 14.2. The van der Waals surface area contributed by atoms with Gasteiger partial charge in [0.15, 0.2) is 11.4 Å². The number of nitrogens with zero attached hydrogens (tertiary/aromatic N) is 3. The lowest BCUT2D eigenvalue weighted by Crippen LogP contribution is -2.63. The molecule has 3 aliphatic carbocycles. The Labute approximate surface area is 253 Å². The summed E-state index contributed by atoms with van der Waals surface area (Å²) < 4.78 is 17.5. The standard InChI is InChI=1S/C30H37FN4O9/c1-6-8-35(29(42)44-9-7-31)13-15-12-18(33(2)3)16-10-14-11-17-22(34(4)5)25(38)21(28(32)41)27(40)30(17,43)26(39)19(14)24(37)20(16)23(15)36/h6,12,14,17,22,36,38-39,43H,1,7-11,13H2,2-5H3,(H2,32,41)/t14-,17-,22-,30-/m0/s1. The molecule has 0 radical (unpaired) electrons.